The normalized spacial score (nSPS) is 21.8. The number of nitriles is 1. The Balaban J connectivity index is 2.01. The van der Waals surface area contributed by atoms with Crippen molar-refractivity contribution in [2.24, 2.45) is 0 Å². The highest BCUT2D eigenvalue weighted by atomic mass is 19.1. The van der Waals surface area contributed by atoms with Crippen LogP contribution >= 0.6 is 0 Å². The van der Waals surface area contributed by atoms with Crippen LogP contribution in [0.1, 0.15) is 11.5 Å². The van der Waals surface area contributed by atoms with Crippen LogP contribution in [-0.4, -0.2) is 48.3 Å². The Labute approximate surface area is 151 Å². The zero-order valence-electron chi connectivity index (χ0n) is 14.3. The van der Waals surface area contributed by atoms with E-state index in [0.29, 0.717) is 5.56 Å². The van der Waals surface area contributed by atoms with E-state index in [1.807, 2.05) is 24.3 Å². The predicted octanol–water partition coefficient (Wildman–Crippen LogP) is 2.32. The molecule has 2 aromatic rings. The van der Waals surface area contributed by atoms with Gasteiger partial charge in [-0.05, 0) is 28.8 Å². The molecule has 1 heterocycles. The standard InChI is InChI=1S/C20H19FN2O3/c1-26-12-19(25)23-17(10-22)20(18(23)11-24)16-8-3-2-7-15(16)13-5-4-6-14(21)9-13/h2-9,17-18,20,24H,11-12H2,1H3/t17-,18-,20-/m1/s1. The summed E-state index contributed by atoms with van der Waals surface area (Å²) in [4.78, 5) is 13.6. The van der Waals surface area contributed by atoms with Crippen molar-refractivity contribution >= 4 is 5.91 Å². The summed E-state index contributed by atoms with van der Waals surface area (Å²) >= 11 is 0. The minimum atomic E-state index is -0.704. The van der Waals surface area contributed by atoms with Crippen LogP contribution in [0.25, 0.3) is 11.1 Å². The summed E-state index contributed by atoms with van der Waals surface area (Å²) in [5.74, 6) is -1.04. The number of methoxy groups -OCH3 is 1. The molecule has 134 valence electrons. The van der Waals surface area contributed by atoms with Gasteiger partial charge in [0.15, 0.2) is 0 Å². The van der Waals surface area contributed by atoms with E-state index in [2.05, 4.69) is 6.07 Å². The van der Waals surface area contributed by atoms with E-state index in [-0.39, 0.29) is 30.9 Å². The lowest BCUT2D eigenvalue weighted by Gasteiger charge is -2.52. The number of carbonyl (C=O) groups excluding carboxylic acids is 1. The Hall–Kier alpha value is -2.75. The summed E-state index contributed by atoms with van der Waals surface area (Å²) in [7, 11) is 1.41. The summed E-state index contributed by atoms with van der Waals surface area (Å²) in [6.07, 6.45) is 0. The lowest BCUT2D eigenvalue weighted by molar-refractivity contribution is -0.150. The Morgan fingerprint density at radius 1 is 1.31 bits per heavy atom. The van der Waals surface area contributed by atoms with Crippen molar-refractivity contribution in [1.82, 2.24) is 4.90 Å². The van der Waals surface area contributed by atoms with Gasteiger partial charge in [0.25, 0.3) is 0 Å². The minimum absolute atomic E-state index is 0.146. The van der Waals surface area contributed by atoms with Crippen molar-refractivity contribution in [1.29, 1.82) is 5.26 Å². The highest BCUT2D eigenvalue weighted by Crippen LogP contribution is 2.44. The molecule has 6 heteroatoms. The maximum absolute atomic E-state index is 13.7. The van der Waals surface area contributed by atoms with E-state index < -0.39 is 12.1 Å². The molecule has 1 saturated heterocycles. The topological polar surface area (TPSA) is 73.6 Å². The van der Waals surface area contributed by atoms with Gasteiger partial charge in [-0.25, -0.2) is 4.39 Å². The molecule has 0 bridgehead atoms. The Morgan fingerprint density at radius 2 is 2.08 bits per heavy atom. The molecule has 5 nitrogen and oxygen atoms in total. The zero-order chi connectivity index (χ0) is 18.7. The van der Waals surface area contributed by atoms with Gasteiger partial charge >= 0.3 is 0 Å². The Kier molecular flexibility index (Phi) is 5.31. The Bertz CT molecular complexity index is 849. The number of aliphatic hydroxyl groups excluding tert-OH is 1. The molecule has 1 aliphatic rings. The first-order valence-electron chi connectivity index (χ1n) is 8.27. The van der Waals surface area contributed by atoms with Gasteiger partial charge in [-0.3, -0.25) is 4.79 Å². The largest absolute Gasteiger partial charge is 0.394 e. The lowest BCUT2D eigenvalue weighted by Crippen LogP contribution is -2.66. The number of rotatable bonds is 5. The predicted molar refractivity (Wildman–Crippen MR) is 93.6 cm³/mol. The highest BCUT2D eigenvalue weighted by Gasteiger charge is 2.52. The van der Waals surface area contributed by atoms with Crippen LogP contribution in [0.3, 0.4) is 0 Å². The number of benzene rings is 2. The second kappa shape index (κ2) is 7.65. The summed E-state index contributed by atoms with van der Waals surface area (Å²) in [6, 6.07) is 14.5. The van der Waals surface area contributed by atoms with E-state index in [1.54, 1.807) is 12.1 Å². The lowest BCUT2D eigenvalue weighted by atomic mass is 9.73. The fourth-order valence-corrected chi connectivity index (χ4v) is 3.63. The molecule has 3 atom stereocenters. The second-order valence-electron chi connectivity index (χ2n) is 6.18. The second-order valence-corrected chi connectivity index (χ2v) is 6.18. The molecule has 1 amide bonds. The van der Waals surface area contributed by atoms with Crippen molar-refractivity contribution in [3.63, 3.8) is 0 Å². The molecule has 0 aromatic heterocycles. The summed E-state index contributed by atoms with van der Waals surface area (Å²) < 4.78 is 18.5. The van der Waals surface area contributed by atoms with Crippen molar-refractivity contribution in [2.75, 3.05) is 20.3 Å². The third-order valence-corrected chi connectivity index (χ3v) is 4.74. The first-order valence-corrected chi connectivity index (χ1v) is 8.27. The average Bonchev–Trinajstić information content (AvgIpc) is 2.62. The summed E-state index contributed by atoms with van der Waals surface area (Å²) in [5.41, 5.74) is 2.29. The van der Waals surface area contributed by atoms with Gasteiger partial charge in [0, 0.05) is 13.0 Å². The minimum Gasteiger partial charge on any atom is -0.394 e. The zero-order valence-corrected chi connectivity index (χ0v) is 14.3. The molecule has 26 heavy (non-hydrogen) atoms. The van der Waals surface area contributed by atoms with Crippen LogP contribution in [-0.2, 0) is 9.53 Å². The van der Waals surface area contributed by atoms with Crippen LogP contribution in [0.5, 0.6) is 0 Å². The van der Waals surface area contributed by atoms with Gasteiger partial charge in [-0.15, -0.1) is 0 Å². The van der Waals surface area contributed by atoms with Crippen LogP contribution < -0.4 is 0 Å². The SMILES string of the molecule is COCC(=O)N1[C@H](C#N)[C@@H](c2ccccc2-c2cccc(F)c2)[C@H]1CO. The van der Waals surface area contributed by atoms with E-state index in [4.69, 9.17) is 4.74 Å². The number of hydrogen-bond donors (Lipinski definition) is 1. The van der Waals surface area contributed by atoms with Gasteiger partial charge in [0.05, 0.1) is 18.7 Å². The van der Waals surface area contributed by atoms with Crippen LogP contribution in [0.4, 0.5) is 4.39 Å². The molecule has 2 aromatic carbocycles. The smallest absolute Gasteiger partial charge is 0.249 e. The molecule has 1 N–H and O–H groups in total. The molecule has 0 radical (unpaired) electrons. The van der Waals surface area contributed by atoms with Crippen LogP contribution in [0.2, 0.25) is 0 Å². The van der Waals surface area contributed by atoms with E-state index >= 15 is 0 Å². The molecule has 1 aliphatic heterocycles. The van der Waals surface area contributed by atoms with Crippen LogP contribution in [0, 0.1) is 17.1 Å². The number of amides is 1. The van der Waals surface area contributed by atoms with E-state index in [1.165, 1.54) is 24.1 Å². The van der Waals surface area contributed by atoms with E-state index in [9.17, 15) is 19.6 Å². The third-order valence-electron chi connectivity index (χ3n) is 4.74. The first-order chi connectivity index (χ1) is 12.6. The molecule has 0 spiro atoms. The average molecular weight is 354 g/mol. The van der Waals surface area contributed by atoms with Crippen molar-refractivity contribution in [2.45, 2.75) is 18.0 Å². The van der Waals surface area contributed by atoms with Gasteiger partial charge in [0.2, 0.25) is 5.91 Å². The van der Waals surface area contributed by atoms with Gasteiger partial charge in [-0.1, -0.05) is 36.4 Å². The Morgan fingerprint density at radius 3 is 2.73 bits per heavy atom. The first kappa shape index (κ1) is 18.1. The third kappa shape index (κ3) is 3.07. The number of hydrogen-bond acceptors (Lipinski definition) is 4. The quantitative estimate of drug-likeness (QED) is 0.894. The number of likely N-dealkylation sites (tertiary alicyclic amines) is 1. The molecule has 0 saturated carbocycles. The summed E-state index contributed by atoms with van der Waals surface area (Å²) in [6.45, 7) is -0.414. The molecule has 0 unspecified atom stereocenters. The maximum Gasteiger partial charge on any atom is 0.249 e. The number of nitrogens with zero attached hydrogens (tertiary/aromatic N) is 2. The molecule has 1 fully saturated rings. The molecule has 0 aliphatic carbocycles. The summed E-state index contributed by atoms with van der Waals surface area (Å²) in [5, 5.41) is 19.4. The molecular formula is C20H19FN2O3. The number of aliphatic hydroxyl groups is 1. The fraction of sp³-hybridized carbons (Fsp3) is 0.300. The van der Waals surface area contributed by atoms with E-state index in [0.717, 1.165) is 11.1 Å². The monoisotopic (exact) mass is 354 g/mol. The molecule has 3 rings (SSSR count). The van der Waals surface area contributed by atoms with Crippen molar-refractivity contribution in [3.8, 4) is 17.2 Å². The van der Waals surface area contributed by atoms with Crippen molar-refractivity contribution < 1.29 is 19.0 Å². The van der Waals surface area contributed by atoms with Gasteiger partial charge in [-0.2, -0.15) is 5.26 Å². The molecular weight excluding hydrogens is 335 g/mol. The number of halogens is 1. The number of ether oxygens (including phenoxy) is 1. The van der Waals surface area contributed by atoms with Gasteiger partial charge < -0.3 is 14.7 Å². The fourth-order valence-electron chi connectivity index (χ4n) is 3.63. The van der Waals surface area contributed by atoms with Crippen LogP contribution in [0.15, 0.2) is 48.5 Å². The van der Waals surface area contributed by atoms with Gasteiger partial charge in [0.1, 0.15) is 18.5 Å². The maximum atomic E-state index is 13.7. The van der Waals surface area contributed by atoms with Crippen molar-refractivity contribution in [3.05, 3.63) is 59.9 Å². The highest BCUT2D eigenvalue weighted by molar-refractivity contribution is 5.81. The number of carbonyl (C=O) groups is 1.